The lowest BCUT2D eigenvalue weighted by Crippen LogP contribution is -1.94. The van der Waals surface area contributed by atoms with Crippen LogP contribution in [0.1, 0.15) is 148 Å². The normalized spacial score (nSPS) is 11.0. The van der Waals surface area contributed by atoms with Crippen molar-refractivity contribution in [3.8, 4) is 0 Å². The minimum atomic E-state index is 0.354. The van der Waals surface area contributed by atoms with Crippen LogP contribution in [0.15, 0.2) is 12.7 Å². The standard InChI is InChI=1S/C26H50O/c1-3-5-6-7-8-9-10-11-12-13-14-15-16-17-18-19-20-21-22-23-25-26(27)24-4-2/h4H,2-3,5-25H2,1H3. The van der Waals surface area contributed by atoms with Crippen LogP contribution in [0.2, 0.25) is 0 Å². The highest BCUT2D eigenvalue weighted by atomic mass is 16.1. The van der Waals surface area contributed by atoms with E-state index >= 15 is 0 Å². The third-order valence-electron chi connectivity index (χ3n) is 5.68. The first-order valence-electron chi connectivity index (χ1n) is 12.4. The van der Waals surface area contributed by atoms with Crippen LogP contribution in [0, 0.1) is 0 Å². The summed E-state index contributed by atoms with van der Waals surface area (Å²) >= 11 is 0. The highest BCUT2D eigenvalue weighted by Gasteiger charge is 1.99. The molecule has 0 saturated carbocycles. The molecule has 0 heterocycles. The third-order valence-corrected chi connectivity index (χ3v) is 5.68. The molecule has 0 rings (SSSR count). The highest BCUT2D eigenvalue weighted by molar-refractivity contribution is 5.79. The SMILES string of the molecule is C=CCC(=O)CCCCCCCCCCCCCCCCCCCCCC. The lowest BCUT2D eigenvalue weighted by molar-refractivity contribution is -0.118. The molecule has 0 radical (unpaired) electrons. The van der Waals surface area contributed by atoms with Crippen LogP contribution < -0.4 is 0 Å². The van der Waals surface area contributed by atoms with Gasteiger partial charge in [0.25, 0.3) is 0 Å². The summed E-state index contributed by atoms with van der Waals surface area (Å²) in [6, 6.07) is 0. The van der Waals surface area contributed by atoms with Crippen LogP contribution in [-0.2, 0) is 4.79 Å². The van der Waals surface area contributed by atoms with Gasteiger partial charge in [0.2, 0.25) is 0 Å². The molecule has 0 spiro atoms. The Morgan fingerprint density at radius 3 is 1.15 bits per heavy atom. The number of unbranched alkanes of at least 4 members (excludes halogenated alkanes) is 19. The highest BCUT2D eigenvalue weighted by Crippen LogP contribution is 2.15. The molecule has 0 aliphatic carbocycles. The first kappa shape index (κ1) is 26.4. The molecule has 0 aliphatic rings. The molecule has 27 heavy (non-hydrogen) atoms. The lowest BCUT2D eigenvalue weighted by atomic mass is 10.0. The zero-order valence-electron chi connectivity index (χ0n) is 18.7. The van der Waals surface area contributed by atoms with Crippen LogP contribution in [0.5, 0.6) is 0 Å². The molecule has 0 saturated heterocycles. The Morgan fingerprint density at radius 1 is 0.556 bits per heavy atom. The molecule has 0 aromatic rings. The summed E-state index contributed by atoms with van der Waals surface area (Å²) in [6.07, 6.45) is 31.0. The lowest BCUT2D eigenvalue weighted by Gasteiger charge is -2.04. The Morgan fingerprint density at radius 2 is 0.852 bits per heavy atom. The summed E-state index contributed by atoms with van der Waals surface area (Å²) in [5.41, 5.74) is 0. The third kappa shape index (κ3) is 23.4. The molecule has 0 aliphatic heterocycles. The first-order valence-corrected chi connectivity index (χ1v) is 12.4. The van der Waals surface area contributed by atoms with E-state index in [4.69, 9.17) is 0 Å². The fourth-order valence-electron chi connectivity index (χ4n) is 3.84. The Bertz CT molecular complexity index is 307. The fourth-order valence-corrected chi connectivity index (χ4v) is 3.84. The Kier molecular flexibility index (Phi) is 22.9. The Balaban J connectivity index is 3.03. The zero-order valence-corrected chi connectivity index (χ0v) is 18.7. The Hall–Kier alpha value is -0.590. The van der Waals surface area contributed by atoms with Gasteiger partial charge in [0.1, 0.15) is 5.78 Å². The van der Waals surface area contributed by atoms with Crippen LogP contribution in [0.4, 0.5) is 0 Å². The molecule has 1 nitrogen and oxygen atoms in total. The van der Waals surface area contributed by atoms with E-state index in [2.05, 4.69) is 13.5 Å². The number of carbonyl (C=O) groups excluding carboxylic acids is 1. The molecule has 0 aromatic carbocycles. The fraction of sp³-hybridized carbons (Fsp3) is 0.885. The van der Waals surface area contributed by atoms with Crippen LogP contribution in [0.3, 0.4) is 0 Å². The summed E-state index contributed by atoms with van der Waals surface area (Å²) < 4.78 is 0. The number of allylic oxidation sites excluding steroid dienone is 1. The number of rotatable bonds is 23. The summed E-state index contributed by atoms with van der Waals surface area (Å²) in [5, 5.41) is 0. The van der Waals surface area contributed by atoms with Gasteiger partial charge in [-0.3, -0.25) is 4.79 Å². The quantitative estimate of drug-likeness (QED) is 0.128. The molecule has 0 amide bonds. The van der Waals surface area contributed by atoms with E-state index in [0.717, 1.165) is 12.8 Å². The molecular formula is C26H50O. The molecular weight excluding hydrogens is 328 g/mol. The maximum Gasteiger partial charge on any atom is 0.136 e. The first-order chi connectivity index (χ1) is 13.3. The van der Waals surface area contributed by atoms with Gasteiger partial charge < -0.3 is 0 Å². The molecule has 0 aromatic heterocycles. The number of carbonyl (C=O) groups is 1. The molecule has 0 unspecified atom stereocenters. The monoisotopic (exact) mass is 378 g/mol. The van der Waals surface area contributed by atoms with Gasteiger partial charge in [-0.2, -0.15) is 0 Å². The van der Waals surface area contributed by atoms with Gasteiger partial charge in [-0.1, -0.05) is 135 Å². The number of hydrogen-bond donors (Lipinski definition) is 0. The summed E-state index contributed by atoms with van der Waals surface area (Å²) in [7, 11) is 0. The van der Waals surface area contributed by atoms with Crippen molar-refractivity contribution in [2.24, 2.45) is 0 Å². The van der Waals surface area contributed by atoms with Gasteiger partial charge in [-0.15, -0.1) is 6.58 Å². The van der Waals surface area contributed by atoms with Crippen molar-refractivity contribution in [1.29, 1.82) is 0 Å². The maximum absolute atomic E-state index is 11.4. The van der Waals surface area contributed by atoms with E-state index in [9.17, 15) is 4.79 Å². The van der Waals surface area contributed by atoms with Gasteiger partial charge in [0.15, 0.2) is 0 Å². The average molecular weight is 379 g/mol. The number of hydrogen-bond acceptors (Lipinski definition) is 1. The summed E-state index contributed by atoms with van der Waals surface area (Å²) in [6.45, 7) is 5.91. The molecule has 1 heteroatoms. The average Bonchev–Trinajstić information content (AvgIpc) is 2.66. The second kappa shape index (κ2) is 23.4. The zero-order chi connectivity index (χ0) is 19.8. The van der Waals surface area contributed by atoms with Crippen molar-refractivity contribution in [3.63, 3.8) is 0 Å². The van der Waals surface area contributed by atoms with Gasteiger partial charge in [-0.25, -0.2) is 0 Å². The van der Waals surface area contributed by atoms with E-state index in [-0.39, 0.29) is 0 Å². The van der Waals surface area contributed by atoms with Crippen molar-refractivity contribution < 1.29 is 4.79 Å². The van der Waals surface area contributed by atoms with Crippen molar-refractivity contribution in [2.75, 3.05) is 0 Å². The van der Waals surface area contributed by atoms with Gasteiger partial charge >= 0.3 is 0 Å². The topological polar surface area (TPSA) is 17.1 Å². The minimum Gasteiger partial charge on any atom is -0.299 e. The Labute approximate surface area is 171 Å². The van der Waals surface area contributed by atoms with Crippen molar-refractivity contribution >= 4 is 5.78 Å². The number of ketones is 1. The number of Topliss-reactive ketones (excluding diaryl/α,β-unsaturated/α-hetero) is 1. The van der Waals surface area contributed by atoms with Crippen molar-refractivity contribution in [3.05, 3.63) is 12.7 Å². The second-order valence-electron chi connectivity index (χ2n) is 8.50. The molecule has 0 atom stereocenters. The smallest absolute Gasteiger partial charge is 0.136 e. The summed E-state index contributed by atoms with van der Waals surface area (Å²) in [4.78, 5) is 11.4. The van der Waals surface area contributed by atoms with Crippen LogP contribution in [0.25, 0.3) is 0 Å². The van der Waals surface area contributed by atoms with E-state index in [0.29, 0.717) is 12.2 Å². The van der Waals surface area contributed by atoms with Crippen LogP contribution >= 0.6 is 0 Å². The van der Waals surface area contributed by atoms with E-state index in [1.807, 2.05) is 0 Å². The predicted molar refractivity (Wildman–Crippen MR) is 122 cm³/mol. The van der Waals surface area contributed by atoms with Crippen molar-refractivity contribution in [2.45, 2.75) is 148 Å². The second-order valence-corrected chi connectivity index (χ2v) is 8.50. The molecule has 160 valence electrons. The predicted octanol–water partition coefficient (Wildman–Crippen LogP) is 9.34. The maximum atomic E-state index is 11.4. The largest absolute Gasteiger partial charge is 0.299 e. The van der Waals surface area contributed by atoms with Gasteiger partial charge in [-0.05, 0) is 6.42 Å². The minimum absolute atomic E-state index is 0.354. The van der Waals surface area contributed by atoms with E-state index < -0.39 is 0 Å². The van der Waals surface area contributed by atoms with E-state index in [1.54, 1.807) is 6.08 Å². The summed E-state index contributed by atoms with van der Waals surface area (Å²) in [5.74, 6) is 0.354. The van der Waals surface area contributed by atoms with Gasteiger partial charge in [0, 0.05) is 12.8 Å². The molecule has 0 fully saturated rings. The van der Waals surface area contributed by atoms with Crippen molar-refractivity contribution in [1.82, 2.24) is 0 Å². The molecule has 0 bridgehead atoms. The molecule has 0 N–H and O–H groups in total. The van der Waals surface area contributed by atoms with E-state index in [1.165, 1.54) is 122 Å². The van der Waals surface area contributed by atoms with Gasteiger partial charge in [0.05, 0.1) is 0 Å². The van der Waals surface area contributed by atoms with Crippen LogP contribution in [-0.4, -0.2) is 5.78 Å².